The van der Waals surface area contributed by atoms with E-state index in [4.69, 9.17) is 14.7 Å². The van der Waals surface area contributed by atoms with Gasteiger partial charge in [-0.3, -0.25) is 0 Å². The normalized spacial score (nSPS) is 10.7. The van der Waals surface area contributed by atoms with Gasteiger partial charge < -0.3 is 9.47 Å². The van der Waals surface area contributed by atoms with Crippen molar-refractivity contribution in [2.75, 3.05) is 6.61 Å². The number of ether oxygens (including phenoxy) is 2. The van der Waals surface area contributed by atoms with Crippen LogP contribution in [0.4, 0.5) is 0 Å². The lowest BCUT2D eigenvalue weighted by Crippen LogP contribution is -2.18. The van der Waals surface area contributed by atoms with E-state index in [1.54, 1.807) is 0 Å². The van der Waals surface area contributed by atoms with Crippen molar-refractivity contribution in [2.45, 2.75) is 20.5 Å². The molecule has 0 radical (unpaired) electrons. The van der Waals surface area contributed by atoms with Crippen molar-refractivity contribution in [3.05, 3.63) is 60.2 Å². The van der Waals surface area contributed by atoms with Crippen molar-refractivity contribution < 1.29 is 9.47 Å². The quantitative estimate of drug-likeness (QED) is 0.797. The molecule has 0 unspecified atom stereocenters. The van der Waals surface area contributed by atoms with E-state index < -0.39 is 5.41 Å². The second-order valence-corrected chi connectivity index (χ2v) is 5.53. The summed E-state index contributed by atoms with van der Waals surface area (Å²) >= 11 is 0. The molecule has 2 aromatic carbocycles. The number of hydrogen-bond acceptors (Lipinski definition) is 3. The van der Waals surface area contributed by atoms with Crippen molar-refractivity contribution in [1.29, 1.82) is 5.26 Å². The zero-order valence-electron chi connectivity index (χ0n) is 12.4. The van der Waals surface area contributed by atoms with Crippen molar-refractivity contribution in [3.8, 4) is 17.6 Å². The third kappa shape index (κ3) is 4.85. The van der Waals surface area contributed by atoms with Crippen molar-refractivity contribution >= 4 is 0 Å². The summed E-state index contributed by atoms with van der Waals surface area (Å²) in [5.41, 5.74) is 0.649. The van der Waals surface area contributed by atoms with Crippen molar-refractivity contribution in [1.82, 2.24) is 0 Å². The van der Waals surface area contributed by atoms with Crippen LogP contribution >= 0.6 is 0 Å². The lowest BCUT2D eigenvalue weighted by Gasteiger charge is -2.16. The summed E-state index contributed by atoms with van der Waals surface area (Å²) < 4.78 is 11.3. The summed E-state index contributed by atoms with van der Waals surface area (Å²) in [4.78, 5) is 0. The maximum Gasteiger partial charge on any atom is 0.120 e. The molecule has 0 heterocycles. The molecule has 2 aromatic rings. The highest BCUT2D eigenvalue weighted by atomic mass is 16.5. The van der Waals surface area contributed by atoms with E-state index >= 15 is 0 Å². The molecule has 0 amide bonds. The summed E-state index contributed by atoms with van der Waals surface area (Å²) in [5.74, 6) is 1.54. The molecule has 0 N–H and O–H groups in total. The molecule has 21 heavy (non-hydrogen) atoms. The Hall–Kier alpha value is -2.47. The Labute approximate surface area is 125 Å². The van der Waals surface area contributed by atoms with Gasteiger partial charge in [-0.05, 0) is 43.7 Å². The molecule has 0 aliphatic carbocycles. The van der Waals surface area contributed by atoms with Gasteiger partial charge in [0.2, 0.25) is 0 Å². The number of nitrogens with zero attached hydrogens (tertiary/aromatic N) is 1. The lowest BCUT2D eigenvalue weighted by molar-refractivity contribution is 0.226. The largest absolute Gasteiger partial charge is 0.492 e. The third-order valence-corrected chi connectivity index (χ3v) is 2.97. The van der Waals surface area contributed by atoms with Gasteiger partial charge in [-0.25, -0.2) is 0 Å². The highest BCUT2D eigenvalue weighted by Gasteiger charge is 2.17. The molecular formula is C18H19NO2. The molecule has 0 aliphatic heterocycles. The van der Waals surface area contributed by atoms with Gasteiger partial charge in [0.15, 0.2) is 0 Å². The first-order valence-corrected chi connectivity index (χ1v) is 6.90. The second kappa shape index (κ2) is 6.81. The van der Waals surface area contributed by atoms with Gasteiger partial charge >= 0.3 is 0 Å². The molecule has 0 aliphatic rings. The highest BCUT2D eigenvalue weighted by molar-refractivity contribution is 5.31. The number of hydrogen-bond donors (Lipinski definition) is 0. The van der Waals surface area contributed by atoms with Crippen LogP contribution in [0.2, 0.25) is 0 Å². The average Bonchev–Trinajstić information content (AvgIpc) is 2.53. The van der Waals surface area contributed by atoms with Crippen LogP contribution in [0.5, 0.6) is 11.5 Å². The summed E-state index contributed by atoms with van der Waals surface area (Å²) in [5, 5.41) is 8.94. The minimum Gasteiger partial charge on any atom is -0.492 e. The first-order chi connectivity index (χ1) is 10.1. The fraction of sp³-hybridized carbons (Fsp3) is 0.278. The van der Waals surface area contributed by atoms with Crippen LogP contribution in [0, 0.1) is 16.7 Å². The van der Waals surface area contributed by atoms with Gasteiger partial charge in [0.1, 0.15) is 24.7 Å². The average molecular weight is 281 g/mol. The van der Waals surface area contributed by atoms with E-state index in [9.17, 15) is 0 Å². The standard InChI is InChI=1S/C18H19NO2/c1-18(2,13-19)14-21-17-10-8-16(9-11-17)20-12-15-6-4-3-5-7-15/h3-11H,12,14H2,1-2H3. The predicted octanol–water partition coefficient (Wildman–Crippen LogP) is 4.19. The van der Waals surface area contributed by atoms with Crippen LogP contribution in [0.25, 0.3) is 0 Å². The van der Waals surface area contributed by atoms with E-state index in [2.05, 4.69) is 6.07 Å². The van der Waals surface area contributed by atoms with E-state index in [1.165, 1.54) is 0 Å². The van der Waals surface area contributed by atoms with Crippen molar-refractivity contribution in [2.24, 2.45) is 5.41 Å². The maximum absolute atomic E-state index is 8.94. The van der Waals surface area contributed by atoms with Gasteiger partial charge in [0.25, 0.3) is 0 Å². The Morgan fingerprint density at radius 3 is 2.05 bits per heavy atom. The molecule has 0 spiro atoms. The van der Waals surface area contributed by atoms with Gasteiger partial charge in [-0.2, -0.15) is 5.26 Å². The Balaban J connectivity index is 1.86. The fourth-order valence-electron chi connectivity index (χ4n) is 1.67. The molecule has 3 heteroatoms. The van der Waals surface area contributed by atoms with Gasteiger partial charge in [0, 0.05) is 0 Å². The van der Waals surface area contributed by atoms with Crippen molar-refractivity contribution in [3.63, 3.8) is 0 Å². The Kier molecular flexibility index (Phi) is 4.84. The number of nitriles is 1. The van der Waals surface area contributed by atoms with E-state index in [0.29, 0.717) is 13.2 Å². The minimum absolute atomic E-state index is 0.369. The lowest BCUT2D eigenvalue weighted by atomic mass is 9.98. The second-order valence-electron chi connectivity index (χ2n) is 5.53. The monoisotopic (exact) mass is 281 g/mol. The predicted molar refractivity (Wildman–Crippen MR) is 82.1 cm³/mol. The molecular weight excluding hydrogens is 262 g/mol. The summed E-state index contributed by atoms with van der Waals surface area (Å²) in [6, 6.07) is 19.7. The van der Waals surface area contributed by atoms with Gasteiger partial charge in [-0.1, -0.05) is 30.3 Å². The molecule has 108 valence electrons. The summed E-state index contributed by atoms with van der Waals surface area (Å²) in [6.07, 6.45) is 0. The van der Waals surface area contributed by atoms with E-state index in [1.807, 2.05) is 68.4 Å². The SMILES string of the molecule is CC(C)(C#N)COc1ccc(OCc2ccccc2)cc1. The van der Waals surface area contributed by atoms with Crippen LogP contribution in [-0.4, -0.2) is 6.61 Å². The molecule has 3 nitrogen and oxygen atoms in total. The van der Waals surface area contributed by atoms with Crippen LogP contribution in [0.15, 0.2) is 54.6 Å². The van der Waals surface area contributed by atoms with Gasteiger partial charge in [-0.15, -0.1) is 0 Å². The molecule has 0 fully saturated rings. The topological polar surface area (TPSA) is 42.2 Å². The molecule has 0 saturated carbocycles. The smallest absolute Gasteiger partial charge is 0.120 e. The molecule has 0 atom stereocenters. The first kappa shape index (κ1) is 14.9. The van der Waals surface area contributed by atoms with Crippen LogP contribution in [0.1, 0.15) is 19.4 Å². The molecule has 0 bridgehead atoms. The van der Waals surface area contributed by atoms with E-state index in [-0.39, 0.29) is 0 Å². The summed E-state index contributed by atoms with van der Waals surface area (Å²) in [6.45, 7) is 4.62. The minimum atomic E-state index is -0.484. The summed E-state index contributed by atoms with van der Waals surface area (Å²) in [7, 11) is 0. The Bertz CT molecular complexity index is 597. The van der Waals surface area contributed by atoms with Crippen LogP contribution in [0.3, 0.4) is 0 Å². The first-order valence-electron chi connectivity index (χ1n) is 6.90. The maximum atomic E-state index is 8.94. The number of benzene rings is 2. The van der Waals surface area contributed by atoms with E-state index in [0.717, 1.165) is 17.1 Å². The van der Waals surface area contributed by atoms with Crippen LogP contribution in [-0.2, 0) is 6.61 Å². The third-order valence-electron chi connectivity index (χ3n) is 2.97. The number of rotatable bonds is 6. The molecule has 2 rings (SSSR count). The highest BCUT2D eigenvalue weighted by Crippen LogP contribution is 2.21. The Morgan fingerprint density at radius 1 is 0.905 bits per heavy atom. The molecule has 0 aromatic heterocycles. The van der Waals surface area contributed by atoms with Gasteiger partial charge in [0.05, 0.1) is 11.5 Å². The zero-order valence-corrected chi connectivity index (χ0v) is 12.4. The Morgan fingerprint density at radius 2 is 1.48 bits per heavy atom. The fourth-order valence-corrected chi connectivity index (χ4v) is 1.67. The molecule has 0 saturated heterocycles. The zero-order chi connectivity index (χ0) is 15.1. The van der Waals surface area contributed by atoms with Crippen LogP contribution < -0.4 is 9.47 Å².